The van der Waals surface area contributed by atoms with Crippen molar-refractivity contribution in [3.05, 3.63) is 93.6 Å². The van der Waals surface area contributed by atoms with Crippen molar-refractivity contribution < 1.29 is 17.6 Å². The minimum atomic E-state index is -3.67. The number of piperazine rings is 1. The van der Waals surface area contributed by atoms with Crippen LogP contribution >= 0.6 is 27.5 Å². The van der Waals surface area contributed by atoms with Crippen LogP contribution in [0.2, 0.25) is 5.02 Å². The molecule has 1 fully saturated rings. The molecule has 1 aliphatic rings. The lowest BCUT2D eigenvalue weighted by Crippen LogP contribution is -2.48. The van der Waals surface area contributed by atoms with Gasteiger partial charge in [-0.2, -0.15) is 4.31 Å². The first-order valence-electron chi connectivity index (χ1n) is 11.4. The Kier molecular flexibility index (Phi) is 7.07. The van der Waals surface area contributed by atoms with E-state index in [1.807, 2.05) is 42.5 Å². The maximum Gasteiger partial charge on any atom is 0.287 e. The second-order valence-corrected chi connectivity index (χ2v) is 11.5. The first-order valence-corrected chi connectivity index (χ1v) is 14.0. The third-order valence-corrected chi connectivity index (χ3v) is 9.40. The molecule has 2 heterocycles. The van der Waals surface area contributed by atoms with Crippen LogP contribution in [-0.2, 0) is 16.6 Å². The summed E-state index contributed by atoms with van der Waals surface area (Å²) in [5.41, 5.74) is 2.51. The van der Waals surface area contributed by atoms with Crippen molar-refractivity contribution in [3.8, 4) is 0 Å². The molecule has 3 aromatic carbocycles. The van der Waals surface area contributed by atoms with Gasteiger partial charge in [0, 0.05) is 38.1 Å². The van der Waals surface area contributed by atoms with E-state index >= 15 is 0 Å². The summed E-state index contributed by atoms with van der Waals surface area (Å²) in [5, 5.41) is 3.88. The summed E-state index contributed by atoms with van der Waals surface area (Å²) in [6.45, 7) is 2.09. The Morgan fingerprint density at radius 2 is 1.67 bits per heavy atom. The maximum absolute atomic E-state index is 13.1. The van der Waals surface area contributed by atoms with E-state index in [4.69, 9.17) is 16.0 Å². The monoisotopic (exact) mass is 587 g/mol. The molecule has 1 amide bonds. The summed E-state index contributed by atoms with van der Waals surface area (Å²) in [6.07, 6.45) is 0. The van der Waals surface area contributed by atoms with Gasteiger partial charge in [-0.25, -0.2) is 8.42 Å². The van der Waals surface area contributed by atoms with Gasteiger partial charge in [0.05, 0.1) is 15.2 Å². The van der Waals surface area contributed by atoms with Gasteiger partial charge in [0.2, 0.25) is 10.0 Å². The molecule has 7 nitrogen and oxygen atoms in total. The fourth-order valence-corrected chi connectivity index (χ4v) is 6.86. The van der Waals surface area contributed by atoms with Crippen LogP contribution in [0, 0.1) is 0 Å². The molecule has 1 N–H and O–H groups in total. The molecule has 0 spiro atoms. The Labute approximate surface area is 222 Å². The quantitative estimate of drug-likeness (QED) is 0.331. The van der Waals surface area contributed by atoms with E-state index < -0.39 is 10.0 Å². The third-order valence-electron chi connectivity index (χ3n) is 6.17. The first kappa shape index (κ1) is 24.8. The summed E-state index contributed by atoms with van der Waals surface area (Å²) < 4.78 is 34.2. The number of benzene rings is 3. The van der Waals surface area contributed by atoms with E-state index in [0.717, 1.165) is 21.1 Å². The largest absolute Gasteiger partial charge is 0.451 e. The lowest BCUT2D eigenvalue weighted by atomic mass is 10.2. The summed E-state index contributed by atoms with van der Waals surface area (Å²) in [6, 6.07) is 21.6. The molecule has 36 heavy (non-hydrogen) atoms. The molecule has 4 aromatic rings. The van der Waals surface area contributed by atoms with Crippen LogP contribution in [0.25, 0.3) is 11.0 Å². The Hall–Kier alpha value is -2.85. The van der Waals surface area contributed by atoms with Crippen LogP contribution in [0.15, 0.2) is 86.6 Å². The number of hydrogen-bond donors (Lipinski definition) is 1. The lowest BCUT2D eigenvalue weighted by Gasteiger charge is -2.36. The zero-order valence-corrected chi connectivity index (χ0v) is 22.3. The summed E-state index contributed by atoms with van der Waals surface area (Å²) >= 11 is 9.82. The molecule has 0 atom stereocenters. The van der Waals surface area contributed by atoms with E-state index in [1.165, 1.54) is 10.4 Å². The van der Waals surface area contributed by atoms with Gasteiger partial charge in [0.15, 0.2) is 5.76 Å². The molecular weight excluding hydrogens is 566 g/mol. The predicted molar refractivity (Wildman–Crippen MR) is 144 cm³/mol. The number of hydrogen-bond acceptors (Lipinski definition) is 5. The standard InChI is InChI=1S/C26H23BrClN3O4S/c27-25-19-16-23(26(32)29-17-18-6-2-1-3-7-18)35-22(19)11-10-21(25)30-12-14-31(15-13-30)36(33,34)24-9-5-4-8-20(24)28/h1-11,16H,12-15,17H2,(H,29,32). The molecule has 1 saturated heterocycles. The molecule has 10 heteroatoms. The molecule has 0 unspecified atom stereocenters. The first-order chi connectivity index (χ1) is 17.3. The van der Waals surface area contributed by atoms with E-state index in [9.17, 15) is 13.2 Å². The number of furan rings is 1. The highest BCUT2D eigenvalue weighted by Gasteiger charge is 2.30. The number of halogens is 2. The predicted octanol–water partition coefficient (Wildman–Crippen LogP) is 5.29. The Morgan fingerprint density at radius 3 is 2.39 bits per heavy atom. The van der Waals surface area contributed by atoms with Gasteiger partial charge in [0.25, 0.3) is 5.91 Å². The molecule has 1 aliphatic heterocycles. The summed E-state index contributed by atoms with van der Waals surface area (Å²) in [7, 11) is -3.67. The van der Waals surface area contributed by atoms with Gasteiger partial charge < -0.3 is 14.6 Å². The fraction of sp³-hybridized carbons (Fsp3) is 0.192. The average molecular weight is 589 g/mol. The lowest BCUT2D eigenvalue weighted by molar-refractivity contribution is 0.0925. The highest BCUT2D eigenvalue weighted by Crippen LogP contribution is 2.36. The van der Waals surface area contributed by atoms with Crippen LogP contribution in [0.1, 0.15) is 16.1 Å². The highest BCUT2D eigenvalue weighted by atomic mass is 79.9. The van der Waals surface area contributed by atoms with Crippen molar-refractivity contribution >= 4 is 60.1 Å². The van der Waals surface area contributed by atoms with Crippen LogP contribution in [0.3, 0.4) is 0 Å². The van der Waals surface area contributed by atoms with Crippen LogP contribution in [0.5, 0.6) is 0 Å². The molecule has 0 aliphatic carbocycles. The van der Waals surface area contributed by atoms with Crippen molar-refractivity contribution in [2.45, 2.75) is 11.4 Å². The van der Waals surface area contributed by atoms with Crippen LogP contribution in [0.4, 0.5) is 5.69 Å². The minimum absolute atomic E-state index is 0.124. The zero-order chi connectivity index (χ0) is 25.3. The third kappa shape index (κ3) is 4.88. The molecule has 0 saturated carbocycles. The average Bonchev–Trinajstić information content (AvgIpc) is 3.34. The van der Waals surface area contributed by atoms with Crippen LogP contribution in [-0.4, -0.2) is 44.8 Å². The Morgan fingerprint density at radius 1 is 0.972 bits per heavy atom. The van der Waals surface area contributed by atoms with E-state index in [0.29, 0.717) is 38.3 Å². The summed E-state index contributed by atoms with van der Waals surface area (Å²) in [5.74, 6) is -0.0590. The molecule has 0 bridgehead atoms. The maximum atomic E-state index is 13.1. The number of carbonyl (C=O) groups excluding carboxylic acids is 1. The SMILES string of the molecule is O=C(NCc1ccccc1)c1cc2c(Br)c(N3CCN(S(=O)(=O)c4ccccc4Cl)CC3)ccc2o1. The second-order valence-electron chi connectivity index (χ2n) is 8.41. The second kappa shape index (κ2) is 10.3. The van der Waals surface area contributed by atoms with Gasteiger partial charge in [-0.15, -0.1) is 0 Å². The van der Waals surface area contributed by atoms with Crippen molar-refractivity contribution in [2.75, 3.05) is 31.1 Å². The number of nitrogens with one attached hydrogen (secondary N) is 1. The van der Waals surface area contributed by atoms with E-state index in [1.54, 1.807) is 24.3 Å². The summed E-state index contributed by atoms with van der Waals surface area (Å²) in [4.78, 5) is 14.9. The topological polar surface area (TPSA) is 82.9 Å². The molecule has 0 radical (unpaired) electrons. The molecule has 1 aromatic heterocycles. The fourth-order valence-electron chi connectivity index (χ4n) is 4.25. The zero-order valence-electron chi connectivity index (χ0n) is 19.2. The van der Waals surface area contributed by atoms with Gasteiger partial charge >= 0.3 is 0 Å². The smallest absolute Gasteiger partial charge is 0.287 e. The number of fused-ring (bicyclic) bond motifs is 1. The number of nitrogens with zero attached hydrogens (tertiary/aromatic N) is 2. The van der Waals surface area contributed by atoms with Crippen LogP contribution < -0.4 is 10.2 Å². The van der Waals surface area contributed by atoms with E-state index in [-0.39, 0.29) is 21.6 Å². The van der Waals surface area contributed by atoms with E-state index in [2.05, 4.69) is 26.1 Å². The number of sulfonamides is 1. The molecule has 5 rings (SSSR count). The molecule has 186 valence electrons. The number of anilines is 1. The van der Waals surface area contributed by atoms with Crippen molar-refractivity contribution in [1.29, 1.82) is 0 Å². The highest BCUT2D eigenvalue weighted by molar-refractivity contribution is 9.10. The van der Waals surface area contributed by atoms with Gasteiger partial charge in [-0.1, -0.05) is 54.1 Å². The molecular formula is C26H23BrClN3O4S. The van der Waals surface area contributed by atoms with Crippen molar-refractivity contribution in [1.82, 2.24) is 9.62 Å². The van der Waals surface area contributed by atoms with Gasteiger partial charge in [0.1, 0.15) is 10.5 Å². The van der Waals surface area contributed by atoms with Crippen molar-refractivity contribution in [3.63, 3.8) is 0 Å². The number of rotatable bonds is 6. The number of amides is 1. The number of carbonyl (C=O) groups is 1. The van der Waals surface area contributed by atoms with Gasteiger partial charge in [-0.3, -0.25) is 4.79 Å². The Bertz CT molecular complexity index is 1520. The van der Waals surface area contributed by atoms with Crippen molar-refractivity contribution in [2.24, 2.45) is 0 Å². The minimum Gasteiger partial charge on any atom is -0.451 e. The Balaban J connectivity index is 1.30. The van der Waals surface area contributed by atoms with Gasteiger partial charge in [-0.05, 0) is 51.8 Å². The normalized spacial score (nSPS) is 14.8.